The molecule has 0 saturated carbocycles. The van der Waals surface area contributed by atoms with Crippen LogP contribution in [0.5, 0.6) is 0 Å². The number of ether oxygens (including phenoxy) is 1. The Morgan fingerprint density at radius 3 is 2.50 bits per heavy atom. The van der Waals surface area contributed by atoms with Gasteiger partial charge in [0.2, 0.25) is 0 Å². The monoisotopic (exact) mass is 455 g/mol. The molecule has 1 saturated heterocycles. The van der Waals surface area contributed by atoms with Gasteiger partial charge in [0, 0.05) is 49.7 Å². The van der Waals surface area contributed by atoms with E-state index in [2.05, 4.69) is 15.9 Å². The average molecular weight is 456 g/mol. The predicted octanol–water partition coefficient (Wildman–Crippen LogP) is 4.95. The van der Waals surface area contributed by atoms with E-state index in [4.69, 9.17) is 18.8 Å². The van der Waals surface area contributed by atoms with E-state index in [-0.39, 0.29) is 12.6 Å². The first-order valence-electron chi connectivity index (χ1n) is 11.3. The maximum atomic E-state index is 11.4. The van der Waals surface area contributed by atoms with E-state index in [1.165, 1.54) is 6.92 Å². The largest absolute Gasteiger partial charge is 0.461 e. The molecule has 0 N–H and O–H groups in total. The Kier molecular flexibility index (Phi) is 6.07. The molecule has 2 aromatic heterocycles. The Hall–Kier alpha value is -4.02. The van der Waals surface area contributed by atoms with Gasteiger partial charge in [-0.3, -0.25) is 9.69 Å². The standard InChI is InChI=1S/C27H25N3O4/c1-19(31)32-18-24-23-4-2-3-5-25(23)34-27(24)26-11-10-22(33-26)17-29-12-14-30(15-13-29)21-8-6-20(16-28)7-9-21/h2-11H,12-15,17-18H2,1H3. The second-order valence-corrected chi connectivity index (χ2v) is 8.37. The van der Waals surface area contributed by atoms with Gasteiger partial charge >= 0.3 is 5.97 Å². The van der Waals surface area contributed by atoms with E-state index < -0.39 is 0 Å². The highest BCUT2D eigenvalue weighted by Gasteiger charge is 2.22. The van der Waals surface area contributed by atoms with Gasteiger partial charge < -0.3 is 18.5 Å². The summed E-state index contributed by atoms with van der Waals surface area (Å²) in [6.45, 7) is 5.89. The number of hydrogen-bond donors (Lipinski definition) is 0. The van der Waals surface area contributed by atoms with Crippen molar-refractivity contribution in [3.63, 3.8) is 0 Å². The van der Waals surface area contributed by atoms with Crippen molar-refractivity contribution in [2.75, 3.05) is 31.1 Å². The van der Waals surface area contributed by atoms with Crippen LogP contribution in [-0.4, -0.2) is 37.0 Å². The third-order valence-corrected chi connectivity index (χ3v) is 6.12. The third-order valence-electron chi connectivity index (χ3n) is 6.12. The highest BCUT2D eigenvalue weighted by atomic mass is 16.5. The second-order valence-electron chi connectivity index (χ2n) is 8.37. The van der Waals surface area contributed by atoms with Gasteiger partial charge in [-0.15, -0.1) is 0 Å². The minimum Gasteiger partial charge on any atom is -0.461 e. The minimum atomic E-state index is -0.337. The second kappa shape index (κ2) is 9.46. The number of hydrogen-bond acceptors (Lipinski definition) is 7. The molecule has 7 heteroatoms. The molecule has 7 nitrogen and oxygen atoms in total. The lowest BCUT2D eigenvalue weighted by Gasteiger charge is -2.35. The fourth-order valence-corrected chi connectivity index (χ4v) is 4.33. The summed E-state index contributed by atoms with van der Waals surface area (Å²) in [7, 11) is 0. The van der Waals surface area contributed by atoms with Crippen LogP contribution in [0.25, 0.3) is 22.5 Å². The maximum absolute atomic E-state index is 11.4. The first-order valence-corrected chi connectivity index (χ1v) is 11.3. The highest BCUT2D eigenvalue weighted by molar-refractivity contribution is 5.87. The molecule has 0 aliphatic carbocycles. The van der Waals surface area contributed by atoms with Crippen LogP contribution >= 0.6 is 0 Å². The third kappa shape index (κ3) is 4.54. The SMILES string of the molecule is CC(=O)OCc1c(-c2ccc(CN3CCN(c4ccc(C#N)cc4)CC3)o2)oc2ccccc12. The molecule has 5 rings (SSSR count). The molecule has 4 aromatic rings. The van der Waals surface area contributed by atoms with Crippen LogP contribution in [0.3, 0.4) is 0 Å². The number of anilines is 1. The van der Waals surface area contributed by atoms with Crippen LogP contribution in [-0.2, 0) is 22.7 Å². The zero-order valence-corrected chi connectivity index (χ0v) is 19.0. The summed E-state index contributed by atoms with van der Waals surface area (Å²) >= 11 is 0. The van der Waals surface area contributed by atoms with E-state index in [9.17, 15) is 4.79 Å². The number of furan rings is 2. The van der Waals surface area contributed by atoms with Gasteiger partial charge in [0.1, 0.15) is 18.0 Å². The molecule has 0 bridgehead atoms. The summed E-state index contributed by atoms with van der Waals surface area (Å²) in [5, 5.41) is 9.90. The van der Waals surface area contributed by atoms with Gasteiger partial charge in [-0.1, -0.05) is 18.2 Å². The van der Waals surface area contributed by atoms with Gasteiger partial charge in [0.25, 0.3) is 0 Å². The van der Waals surface area contributed by atoms with Gasteiger partial charge in [0.05, 0.1) is 18.2 Å². The maximum Gasteiger partial charge on any atom is 0.302 e. The van der Waals surface area contributed by atoms with Crippen molar-refractivity contribution < 1.29 is 18.4 Å². The fourth-order valence-electron chi connectivity index (χ4n) is 4.33. The fraction of sp³-hybridized carbons (Fsp3) is 0.259. The van der Waals surface area contributed by atoms with Gasteiger partial charge in [-0.25, -0.2) is 0 Å². The Bertz CT molecular complexity index is 1340. The van der Waals surface area contributed by atoms with Crippen LogP contribution in [0.4, 0.5) is 5.69 Å². The zero-order chi connectivity index (χ0) is 23.5. The van der Waals surface area contributed by atoms with Crippen LogP contribution in [0.1, 0.15) is 23.8 Å². The summed E-state index contributed by atoms with van der Waals surface area (Å²) in [6, 6.07) is 21.5. The van der Waals surface area contributed by atoms with Crippen molar-refractivity contribution in [2.24, 2.45) is 0 Å². The summed E-state index contributed by atoms with van der Waals surface area (Å²) in [5.41, 5.74) is 3.36. The summed E-state index contributed by atoms with van der Waals surface area (Å²) < 4.78 is 17.5. The molecule has 0 amide bonds. The number of fused-ring (bicyclic) bond motifs is 1. The molecular weight excluding hydrogens is 430 g/mol. The molecule has 3 heterocycles. The van der Waals surface area contributed by atoms with E-state index >= 15 is 0 Å². The van der Waals surface area contributed by atoms with Gasteiger partial charge in [-0.05, 0) is 42.5 Å². The first kappa shape index (κ1) is 21.8. The topological polar surface area (TPSA) is 82.9 Å². The molecule has 0 unspecified atom stereocenters. The Morgan fingerprint density at radius 1 is 1.00 bits per heavy atom. The average Bonchev–Trinajstić information content (AvgIpc) is 3.47. The Labute approximate surface area is 197 Å². The number of nitriles is 1. The van der Waals surface area contributed by atoms with E-state index in [0.29, 0.717) is 23.6 Å². The molecule has 1 fully saturated rings. The number of piperazine rings is 1. The normalized spacial score (nSPS) is 14.3. The van der Waals surface area contributed by atoms with Gasteiger partial charge in [0.15, 0.2) is 11.5 Å². The Balaban J connectivity index is 1.27. The lowest BCUT2D eigenvalue weighted by molar-refractivity contribution is -0.142. The number of rotatable bonds is 6. The lowest BCUT2D eigenvalue weighted by atomic mass is 10.1. The lowest BCUT2D eigenvalue weighted by Crippen LogP contribution is -2.45. The molecule has 2 aromatic carbocycles. The van der Waals surface area contributed by atoms with E-state index in [1.54, 1.807) is 0 Å². The molecule has 1 aliphatic heterocycles. The van der Waals surface area contributed by atoms with Crippen LogP contribution in [0, 0.1) is 11.3 Å². The van der Waals surface area contributed by atoms with E-state index in [0.717, 1.165) is 54.2 Å². The van der Waals surface area contributed by atoms with Crippen molar-refractivity contribution >= 4 is 22.6 Å². The highest BCUT2D eigenvalue weighted by Crippen LogP contribution is 2.35. The molecule has 0 atom stereocenters. The van der Waals surface area contributed by atoms with Crippen molar-refractivity contribution in [2.45, 2.75) is 20.1 Å². The molecule has 172 valence electrons. The summed E-state index contributed by atoms with van der Waals surface area (Å²) in [6.07, 6.45) is 0. The minimum absolute atomic E-state index is 0.134. The summed E-state index contributed by atoms with van der Waals surface area (Å²) in [5.74, 6) is 1.75. The van der Waals surface area contributed by atoms with Crippen LogP contribution in [0.15, 0.2) is 69.5 Å². The first-order chi connectivity index (χ1) is 16.6. The van der Waals surface area contributed by atoms with Crippen molar-refractivity contribution in [3.05, 3.63) is 77.6 Å². The number of carbonyl (C=O) groups excluding carboxylic acids is 1. The van der Waals surface area contributed by atoms with Crippen molar-refractivity contribution in [1.29, 1.82) is 5.26 Å². The van der Waals surface area contributed by atoms with Crippen molar-refractivity contribution in [3.8, 4) is 17.6 Å². The van der Waals surface area contributed by atoms with Crippen LogP contribution in [0.2, 0.25) is 0 Å². The van der Waals surface area contributed by atoms with E-state index in [1.807, 2.05) is 60.7 Å². The van der Waals surface area contributed by atoms with Crippen LogP contribution < -0.4 is 4.90 Å². The predicted molar refractivity (Wildman–Crippen MR) is 128 cm³/mol. The molecule has 34 heavy (non-hydrogen) atoms. The number of carbonyl (C=O) groups is 1. The smallest absolute Gasteiger partial charge is 0.302 e. The Morgan fingerprint density at radius 2 is 1.76 bits per heavy atom. The van der Waals surface area contributed by atoms with Crippen molar-refractivity contribution in [1.82, 2.24) is 4.90 Å². The number of benzene rings is 2. The zero-order valence-electron chi connectivity index (χ0n) is 19.0. The molecule has 0 spiro atoms. The number of para-hydroxylation sites is 1. The number of esters is 1. The summed E-state index contributed by atoms with van der Waals surface area (Å²) in [4.78, 5) is 16.1. The quantitative estimate of drug-likeness (QED) is 0.381. The van der Waals surface area contributed by atoms with Gasteiger partial charge in [-0.2, -0.15) is 5.26 Å². The molecule has 0 radical (unpaired) electrons. The number of nitrogens with zero attached hydrogens (tertiary/aromatic N) is 3. The molecule has 1 aliphatic rings. The molecular formula is C27H25N3O4.